The highest BCUT2D eigenvalue weighted by Gasteiger charge is 2.28. The molecule has 0 aliphatic carbocycles. The second-order valence-corrected chi connectivity index (χ2v) is 7.96. The topological polar surface area (TPSA) is 92.5 Å². The van der Waals surface area contributed by atoms with Crippen molar-refractivity contribution in [2.45, 2.75) is 11.8 Å². The standard InChI is InChI=1S/C16H15N3O4S2/c1-11-14(25(21,22)19(2)12-6-4-3-5-7-12)10-13(23-11)15(20)18-16-17-8-9-24-16/h3-10H,1-2H3,(H,17,18,20). The van der Waals surface area contributed by atoms with Crippen molar-refractivity contribution >= 4 is 38.1 Å². The molecule has 0 radical (unpaired) electrons. The Balaban J connectivity index is 1.90. The third-order valence-corrected chi connectivity index (χ3v) is 6.09. The number of anilines is 2. The maximum atomic E-state index is 12.8. The second-order valence-electron chi connectivity index (χ2n) is 5.13. The number of thiazole rings is 1. The van der Waals surface area contributed by atoms with Crippen LogP contribution in [0.15, 0.2) is 57.3 Å². The van der Waals surface area contributed by atoms with Crippen LogP contribution in [0.1, 0.15) is 16.3 Å². The lowest BCUT2D eigenvalue weighted by Crippen LogP contribution is -2.26. The van der Waals surface area contributed by atoms with E-state index < -0.39 is 15.9 Å². The summed E-state index contributed by atoms with van der Waals surface area (Å²) in [5.74, 6) is -0.498. The Morgan fingerprint density at radius 1 is 1.28 bits per heavy atom. The molecule has 0 unspecified atom stereocenters. The van der Waals surface area contributed by atoms with Gasteiger partial charge >= 0.3 is 0 Å². The Kier molecular flexibility index (Phi) is 4.60. The first-order valence-electron chi connectivity index (χ1n) is 7.25. The van der Waals surface area contributed by atoms with E-state index in [1.165, 1.54) is 31.4 Å². The number of rotatable bonds is 5. The van der Waals surface area contributed by atoms with Crippen LogP contribution in [-0.2, 0) is 10.0 Å². The lowest BCUT2D eigenvalue weighted by atomic mass is 10.3. The van der Waals surface area contributed by atoms with Gasteiger partial charge < -0.3 is 4.42 Å². The SMILES string of the molecule is Cc1oc(C(=O)Nc2nccs2)cc1S(=O)(=O)N(C)c1ccccc1. The number of carbonyl (C=O) groups is 1. The van der Waals surface area contributed by atoms with Gasteiger partial charge in [0.1, 0.15) is 10.7 Å². The monoisotopic (exact) mass is 377 g/mol. The van der Waals surface area contributed by atoms with E-state index in [1.807, 2.05) is 0 Å². The van der Waals surface area contributed by atoms with Gasteiger partial charge in [-0.15, -0.1) is 11.3 Å². The number of para-hydroxylation sites is 1. The third-order valence-electron chi connectivity index (χ3n) is 3.51. The number of hydrogen-bond acceptors (Lipinski definition) is 6. The smallest absolute Gasteiger partial charge is 0.293 e. The van der Waals surface area contributed by atoms with Gasteiger partial charge in [-0.2, -0.15) is 0 Å². The molecule has 1 N–H and O–H groups in total. The lowest BCUT2D eigenvalue weighted by Gasteiger charge is -2.18. The highest BCUT2D eigenvalue weighted by atomic mass is 32.2. The van der Waals surface area contributed by atoms with E-state index in [1.54, 1.807) is 41.9 Å². The zero-order valence-corrected chi connectivity index (χ0v) is 15.1. The summed E-state index contributed by atoms with van der Waals surface area (Å²) >= 11 is 1.25. The molecule has 7 nitrogen and oxygen atoms in total. The van der Waals surface area contributed by atoms with Crippen LogP contribution in [0, 0.1) is 6.92 Å². The number of amides is 1. The first-order chi connectivity index (χ1) is 11.9. The fraction of sp³-hybridized carbons (Fsp3) is 0.125. The van der Waals surface area contributed by atoms with Crippen molar-refractivity contribution in [3.05, 3.63) is 59.5 Å². The second kappa shape index (κ2) is 6.69. The number of sulfonamides is 1. The van der Waals surface area contributed by atoms with Crippen molar-refractivity contribution in [3.63, 3.8) is 0 Å². The van der Waals surface area contributed by atoms with E-state index in [0.717, 1.165) is 4.31 Å². The minimum Gasteiger partial charge on any atom is -0.455 e. The van der Waals surface area contributed by atoms with E-state index in [-0.39, 0.29) is 16.4 Å². The van der Waals surface area contributed by atoms with Crippen LogP contribution in [0.3, 0.4) is 0 Å². The average Bonchev–Trinajstić information content (AvgIpc) is 3.24. The largest absolute Gasteiger partial charge is 0.455 e. The van der Waals surface area contributed by atoms with Crippen LogP contribution in [-0.4, -0.2) is 26.4 Å². The van der Waals surface area contributed by atoms with Gasteiger partial charge in [0.05, 0.1) is 5.69 Å². The van der Waals surface area contributed by atoms with Crippen molar-refractivity contribution < 1.29 is 17.6 Å². The number of aryl methyl sites for hydroxylation is 1. The maximum absolute atomic E-state index is 12.8. The van der Waals surface area contributed by atoms with Crippen molar-refractivity contribution in [1.29, 1.82) is 0 Å². The quantitative estimate of drug-likeness (QED) is 0.737. The first-order valence-corrected chi connectivity index (χ1v) is 9.57. The van der Waals surface area contributed by atoms with Gasteiger partial charge in [-0.25, -0.2) is 13.4 Å². The van der Waals surface area contributed by atoms with E-state index in [4.69, 9.17) is 4.42 Å². The number of nitrogens with zero attached hydrogens (tertiary/aromatic N) is 2. The molecular weight excluding hydrogens is 362 g/mol. The molecule has 2 aromatic heterocycles. The Labute approximate surface area is 149 Å². The van der Waals surface area contributed by atoms with Gasteiger partial charge in [0, 0.05) is 24.7 Å². The minimum absolute atomic E-state index is 0.0526. The predicted molar refractivity (Wildman–Crippen MR) is 95.5 cm³/mol. The average molecular weight is 377 g/mol. The Morgan fingerprint density at radius 2 is 2.00 bits per heavy atom. The zero-order chi connectivity index (χ0) is 18.0. The summed E-state index contributed by atoms with van der Waals surface area (Å²) in [6, 6.07) is 9.89. The molecule has 0 aliphatic heterocycles. The number of furan rings is 1. The van der Waals surface area contributed by atoms with E-state index >= 15 is 0 Å². The van der Waals surface area contributed by atoms with Crippen molar-refractivity contribution in [2.24, 2.45) is 0 Å². The van der Waals surface area contributed by atoms with Crippen molar-refractivity contribution in [2.75, 3.05) is 16.7 Å². The molecule has 1 aromatic carbocycles. The van der Waals surface area contributed by atoms with E-state index in [9.17, 15) is 13.2 Å². The fourth-order valence-corrected chi connectivity index (χ4v) is 4.08. The Morgan fingerprint density at radius 3 is 2.64 bits per heavy atom. The summed E-state index contributed by atoms with van der Waals surface area (Å²) in [5, 5.41) is 4.68. The van der Waals surface area contributed by atoms with E-state index in [0.29, 0.717) is 10.8 Å². The summed E-state index contributed by atoms with van der Waals surface area (Å²) in [6.07, 6.45) is 1.55. The molecule has 3 rings (SSSR count). The van der Waals surface area contributed by atoms with Crippen LogP contribution in [0.5, 0.6) is 0 Å². The summed E-state index contributed by atoms with van der Waals surface area (Å²) in [7, 11) is -2.40. The molecule has 2 heterocycles. The lowest BCUT2D eigenvalue weighted by molar-refractivity contribution is 0.0995. The highest BCUT2D eigenvalue weighted by Crippen LogP contribution is 2.27. The van der Waals surface area contributed by atoms with Crippen LogP contribution in [0.2, 0.25) is 0 Å². The molecule has 0 saturated heterocycles. The van der Waals surface area contributed by atoms with Crippen LogP contribution in [0.25, 0.3) is 0 Å². The van der Waals surface area contributed by atoms with Crippen molar-refractivity contribution in [3.8, 4) is 0 Å². The van der Waals surface area contributed by atoms with Gasteiger partial charge in [0.2, 0.25) is 0 Å². The van der Waals surface area contributed by atoms with Crippen molar-refractivity contribution in [1.82, 2.24) is 4.98 Å². The number of aromatic nitrogens is 1. The maximum Gasteiger partial charge on any atom is 0.293 e. The number of benzene rings is 1. The molecule has 1 amide bonds. The fourth-order valence-electron chi connectivity index (χ4n) is 2.20. The summed E-state index contributed by atoms with van der Waals surface area (Å²) < 4.78 is 32.2. The first kappa shape index (κ1) is 17.2. The van der Waals surface area contributed by atoms with Gasteiger partial charge in [-0.1, -0.05) is 18.2 Å². The Hall–Kier alpha value is -2.65. The highest BCUT2D eigenvalue weighted by molar-refractivity contribution is 7.92. The van der Waals surface area contributed by atoms with Gasteiger partial charge in [0.15, 0.2) is 10.9 Å². The molecule has 3 aromatic rings. The molecule has 25 heavy (non-hydrogen) atoms. The van der Waals surface area contributed by atoms with Crippen LogP contribution in [0.4, 0.5) is 10.8 Å². The van der Waals surface area contributed by atoms with Gasteiger partial charge in [0.25, 0.3) is 15.9 Å². The number of carbonyl (C=O) groups excluding carboxylic acids is 1. The Bertz CT molecular complexity index is 980. The van der Waals surface area contributed by atoms with Gasteiger partial charge in [-0.05, 0) is 19.1 Å². The molecule has 0 atom stereocenters. The number of nitrogens with one attached hydrogen (secondary N) is 1. The number of hydrogen-bond donors (Lipinski definition) is 1. The molecular formula is C16H15N3O4S2. The minimum atomic E-state index is -3.85. The predicted octanol–water partition coefficient (Wildman–Crippen LogP) is 3.12. The molecule has 0 spiro atoms. The molecule has 0 aliphatic rings. The molecule has 0 saturated carbocycles. The zero-order valence-electron chi connectivity index (χ0n) is 13.5. The molecule has 0 fully saturated rings. The van der Waals surface area contributed by atoms with Crippen LogP contribution >= 0.6 is 11.3 Å². The van der Waals surface area contributed by atoms with Crippen LogP contribution < -0.4 is 9.62 Å². The molecule has 0 bridgehead atoms. The summed E-state index contributed by atoms with van der Waals surface area (Å²) in [6.45, 7) is 1.51. The van der Waals surface area contributed by atoms with E-state index in [2.05, 4.69) is 10.3 Å². The van der Waals surface area contributed by atoms with Gasteiger partial charge in [-0.3, -0.25) is 14.4 Å². The summed E-state index contributed by atoms with van der Waals surface area (Å²) in [4.78, 5) is 16.1. The third kappa shape index (κ3) is 3.42. The molecule has 9 heteroatoms. The molecule has 130 valence electrons. The normalized spacial score (nSPS) is 11.3. The summed E-state index contributed by atoms with van der Waals surface area (Å²) in [5.41, 5.74) is 0.511.